The fourth-order valence-corrected chi connectivity index (χ4v) is 3.68. The maximum absolute atomic E-state index is 13.1. The van der Waals surface area contributed by atoms with E-state index in [1.807, 2.05) is 0 Å². The van der Waals surface area contributed by atoms with Crippen LogP contribution in [0, 0.1) is 5.41 Å². The lowest BCUT2D eigenvalue weighted by Crippen LogP contribution is -2.61. The largest absolute Gasteiger partial charge is 0.480 e. The maximum Gasteiger partial charge on any atom is 0.329 e. The summed E-state index contributed by atoms with van der Waals surface area (Å²) in [5.41, 5.74) is -1.42. The van der Waals surface area contributed by atoms with E-state index in [2.05, 4.69) is 12.2 Å². The molecule has 0 bridgehead atoms. The normalized spacial score (nSPS) is 34.2. The molecule has 2 atom stereocenters. The highest BCUT2D eigenvalue weighted by Crippen LogP contribution is 2.38. The summed E-state index contributed by atoms with van der Waals surface area (Å²) >= 11 is 0. The number of aliphatic carboxylic acids is 1. The topological polar surface area (TPSA) is 69.6 Å². The molecule has 0 saturated carbocycles. The molecule has 2 aliphatic heterocycles. The Hall–Kier alpha value is -1.10. The molecule has 5 heteroatoms. The summed E-state index contributed by atoms with van der Waals surface area (Å²) in [4.78, 5) is 26.4. The molecule has 114 valence electrons. The number of carbonyl (C=O) groups excluding carboxylic acids is 1. The summed E-state index contributed by atoms with van der Waals surface area (Å²) < 4.78 is 0. The molecular formula is C15H26N2O3. The average molecular weight is 282 g/mol. The van der Waals surface area contributed by atoms with Gasteiger partial charge in [0.2, 0.25) is 5.91 Å². The molecule has 2 aliphatic rings. The molecule has 0 spiro atoms. The third-order valence-electron chi connectivity index (χ3n) is 5.02. The monoisotopic (exact) mass is 282 g/mol. The number of piperidine rings is 1. The van der Waals surface area contributed by atoms with Crippen LogP contribution < -0.4 is 5.32 Å². The molecule has 0 aromatic rings. The van der Waals surface area contributed by atoms with Crippen LogP contribution in [0.1, 0.15) is 52.4 Å². The Morgan fingerprint density at radius 1 is 1.30 bits per heavy atom. The zero-order valence-electron chi connectivity index (χ0n) is 12.6. The van der Waals surface area contributed by atoms with Gasteiger partial charge in [0.25, 0.3) is 0 Å². The second-order valence-corrected chi connectivity index (χ2v) is 6.45. The molecule has 2 saturated heterocycles. The van der Waals surface area contributed by atoms with E-state index in [9.17, 15) is 14.7 Å². The van der Waals surface area contributed by atoms with Crippen LogP contribution in [-0.4, -0.2) is 47.1 Å². The summed E-state index contributed by atoms with van der Waals surface area (Å²) in [5, 5.41) is 12.8. The summed E-state index contributed by atoms with van der Waals surface area (Å²) in [6.07, 6.45) is 4.96. The maximum atomic E-state index is 13.1. The minimum Gasteiger partial charge on any atom is -0.480 e. The third-order valence-corrected chi connectivity index (χ3v) is 5.02. The van der Waals surface area contributed by atoms with E-state index in [0.717, 1.165) is 38.6 Å². The molecule has 2 fully saturated rings. The third kappa shape index (κ3) is 2.43. The zero-order chi connectivity index (χ0) is 14.8. The summed E-state index contributed by atoms with van der Waals surface area (Å²) in [7, 11) is 0. The lowest BCUT2D eigenvalue weighted by atomic mass is 9.78. The molecule has 1 amide bonds. The van der Waals surface area contributed by atoms with Gasteiger partial charge in [-0.3, -0.25) is 4.79 Å². The van der Waals surface area contributed by atoms with Gasteiger partial charge in [0, 0.05) is 13.1 Å². The predicted octanol–water partition coefficient (Wildman–Crippen LogP) is 1.62. The first-order valence-corrected chi connectivity index (χ1v) is 7.72. The number of likely N-dealkylation sites (tertiary alicyclic amines) is 1. The molecular weight excluding hydrogens is 256 g/mol. The van der Waals surface area contributed by atoms with Gasteiger partial charge in [-0.2, -0.15) is 0 Å². The minimum atomic E-state index is -1.03. The number of nitrogens with zero attached hydrogens (tertiary/aromatic N) is 1. The fourth-order valence-electron chi connectivity index (χ4n) is 3.68. The first kappa shape index (κ1) is 15.3. The molecule has 2 rings (SSSR count). The highest BCUT2D eigenvalue weighted by molar-refractivity contribution is 5.90. The summed E-state index contributed by atoms with van der Waals surface area (Å²) in [5.74, 6) is -0.822. The summed E-state index contributed by atoms with van der Waals surface area (Å²) in [6.45, 7) is 5.90. The molecule has 0 radical (unpaired) electrons. The number of carboxylic acid groups (broad SMARTS) is 1. The van der Waals surface area contributed by atoms with Crippen LogP contribution in [0.4, 0.5) is 0 Å². The van der Waals surface area contributed by atoms with Crippen molar-refractivity contribution in [1.29, 1.82) is 0 Å². The first-order valence-electron chi connectivity index (χ1n) is 7.72. The van der Waals surface area contributed by atoms with Crippen molar-refractivity contribution in [1.82, 2.24) is 10.2 Å². The van der Waals surface area contributed by atoms with Crippen LogP contribution >= 0.6 is 0 Å². The van der Waals surface area contributed by atoms with Crippen molar-refractivity contribution in [3.63, 3.8) is 0 Å². The quantitative estimate of drug-likeness (QED) is 0.822. The van der Waals surface area contributed by atoms with Crippen LogP contribution in [0.3, 0.4) is 0 Å². The SMILES string of the molecule is CCCC1(C(=O)N2CCCCC2(C)C(=O)O)CCNC1. The van der Waals surface area contributed by atoms with Gasteiger partial charge >= 0.3 is 5.97 Å². The molecule has 2 heterocycles. The van der Waals surface area contributed by atoms with E-state index >= 15 is 0 Å². The van der Waals surface area contributed by atoms with Crippen molar-refractivity contribution in [2.24, 2.45) is 5.41 Å². The minimum absolute atomic E-state index is 0.0500. The number of rotatable bonds is 4. The van der Waals surface area contributed by atoms with Crippen LogP contribution in [-0.2, 0) is 9.59 Å². The molecule has 0 aliphatic carbocycles. The van der Waals surface area contributed by atoms with Gasteiger partial charge in [-0.1, -0.05) is 13.3 Å². The van der Waals surface area contributed by atoms with E-state index in [4.69, 9.17) is 0 Å². The van der Waals surface area contributed by atoms with Crippen molar-refractivity contribution in [3.05, 3.63) is 0 Å². The Balaban J connectivity index is 2.27. The van der Waals surface area contributed by atoms with Crippen molar-refractivity contribution in [3.8, 4) is 0 Å². The Morgan fingerprint density at radius 3 is 2.60 bits per heavy atom. The van der Waals surface area contributed by atoms with Crippen LogP contribution in [0.15, 0.2) is 0 Å². The molecule has 0 aromatic carbocycles. The first-order chi connectivity index (χ1) is 9.46. The number of carbonyl (C=O) groups is 2. The van der Waals surface area contributed by atoms with E-state index in [0.29, 0.717) is 19.5 Å². The Kier molecular flexibility index (Phi) is 4.37. The molecule has 5 nitrogen and oxygen atoms in total. The van der Waals surface area contributed by atoms with Crippen molar-refractivity contribution < 1.29 is 14.7 Å². The fraction of sp³-hybridized carbons (Fsp3) is 0.867. The average Bonchev–Trinajstić information content (AvgIpc) is 2.88. The van der Waals surface area contributed by atoms with Gasteiger partial charge in [-0.15, -0.1) is 0 Å². The highest BCUT2D eigenvalue weighted by Gasteiger charge is 2.50. The Morgan fingerprint density at radius 2 is 2.05 bits per heavy atom. The predicted molar refractivity (Wildman–Crippen MR) is 76.4 cm³/mol. The molecule has 2 N–H and O–H groups in total. The van der Waals surface area contributed by atoms with E-state index < -0.39 is 11.5 Å². The zero-order valence-corrected chi connectivity index (χ0v) is 12.6. The van der Waals surface area contributed by atoms with Gasteiger partial charge < -0.3 is 15.3 Å². The van der Waals surface area contributed by atoms with Crippen molar-refractivity contribution in [2.45, 2.75) is 57.9 Å². The van der Waals surface area contributed by atoms with Crippen LogP contribution in [0.5, 0.6) is 0 Å². The van der Waals surface area contributed by atoms with Crippen molar-refractivity contribution in [2.75, 3.05) is 19.6 Å². The van der Waals surface area contributed by atoms with E-state index in [1.165, 1.54) is 0 Å². The van der Waals surface area contributed by atoms with Crippen LogP contribution in [0.2, 0.25) is 0 Å². The lowest BCUT2D eigenvalue weighted by molar-refractivity contribution is -0.166. The Labute approximate surface area is 120 Å². The Bertz CT molecular complexity index is 391. The van der Waals surface area contributed by atoms with Gasteiger partial charge in [-0.05, 0) is 45.6 Å². The molecule has 0 aromatic heterocycles. The van der Waals surface area contributed by atoms with Crippen LogP contribution in [0.25, 0.3) is 0 Å². The highest BCUT2D eigenvalue weighted by atomic mass is 16.4. The van der Waals surface area contributed by atoms with Gasteiger partial charge in [-0.25, -0.2) is 4.79 Å². The van der Waals surface area contributed by atoms with E-state index in [-0.39, 0.29) is 11.3 Å². The number of hydrogen-bond acceptors (Lipinski definition) is 3. The standard InChI is InChI=1S/C15H26N2O3/c1-3-6-15(8-9-16-11-15)12(18)17-10-5-4-7-14(17,2)13(19)20/h16H,3-11H2,1-2H3,(H,19,20). The summed E-state index contributed by atoms with van der Waals surface area (Å²) in [6, 6.07) is 0. The van der Waals surface area contributed by atoms with Crippen molar-refractivity contribution >= 4 is 11.9 Å². The number of amides is 1. The number of hydrogen-bond donors (Lipinski definition) is 2. The molecule has 2 unspecified atom stereocenters. The lowest BCUT2D eigenvalue weighted by Gasteiger charge is -2.45. The van der Waals surface area contributed by atoms with Gasteiger partial charge in [0.05, 0.1) is 5.41 Å². The number of nitrogens with one attached hydrogen (secondary N) is 1. The molecule has 20 heavy (non-hydrogen) atoms. The second kappa shape index (κ2) is 5.72. The van der Waals surface area contributed by atoms with Gasteiger partial charge in [0.15, 0.2) is 0 Å². The van der Waals surface area contributed by atoms with E-state index in [1.54, 1.807) is 11.8 Å². The van der Waals surface area contributed by atoms with Gasteiger partial charge in [0.1, 0.15) is 5.54 Å². The smallest absolute Gasteiger partial charge is 0.329 e. The number of carboxylic acids is 1. The second-order valence-electron chi connectivity index (χ2n) is 6.45.